The molecule has 0 saturated carbocycles. The Morgan fingerprint density at radius 1 is 1.29 bits per heavy atom. The van der Waals surface area contributed by atoms with Crippen LogP contribution in [-0.4, -0.2) is 55.5 Å². The van der Waals surface area contributed by atoms with Gasteiger partial charge < -0.3 is 15.1 Å². The highest BCUT2D eigenvalue weighted by Gasteiger charge is 2.34. The SMILES string of the molecule is Cc1ccc(C(=O)N(C)C)cc1NC1CCN2CCC1C2. The minimum atomic E-state index is 0.0636. The fraction of sp³-hybridized carbons (Fsp3) is 0.588. The number of amides is 1. The molecule has 0 aromatic heterocycles. The summed E-state index contributed by atoms with van der Waals surface area (Å²) in [7, 11) is 3.59. The number of anilines is 1. The minimum absolute atomic E-state index is 0.0636. The number of aryl methyl sites for hydroxylation is 1. The number of rotatable bonds is 3. The number of piperidine rings is 1. The molecule has 4 heteroatoms. The molecule has 3 rings (SSSR count). The molecule has 3 unspecified atom stereocenters. The van der Waals surface area contributed by atoms with Gasteiger partial charge in [0, 0.05) is 44.5 Å². The van der Waals surface area contributed by atoms with Crippen LogP contribution in [0.3, 0.4) is 0 Å². The number of benzene rings is 1. The highest BCUT2D eigenvalue weighted by Crippen LogP contribution is 2.30. The van der Waals surface area contributed by atoms with Gasteiger partial charge in [-0.2, -0.15) is 0 Å². The van der Waals surface area contributed by atoms with Crippen molar-refractivity contribution in [3.8, 4) is 0 Å². The summed E-state index contributed by atoms with van der Waals surface area (Å²) < 4.78 is 0. The van der Waals surface area contributed by atoms with E-state index in [2.05, 4.69) is 17.1 Å². The Kier molecular flexibility index (Phi) is 3.89. The first kappa shape index (κ1) is 14.4. The van der Waals surface area contributed by atoms with Gasteiger partial charge in [-0.1, -0.05) is 6.07 Å². The second-order valence-corrected chi connectivity index (χ2v) is 6.62. The van der Waals surface area contributed by atoms with Crippen LogP contribution in [0, 0.1) is 12.8 Å². The summed E-state index contributed by atoms with van der Waals surface area (Å²) in [5.74, 6) is 0.820. The molecule has 1 N–H and O–H groups in total. The van der Waals surface area contributed by atoms with Crippen LogP contribution in [0.25, 0.3) is 0 Å². The maximum absolute atomic E-state index is 12.1. The van der Waals surface area contributed by atoms with E-state index in [4.69, 9.17) is 0 Å². The van der Waals surface area contributed by atoms with Crippen molar-refractivity contribution < 1.29 is 4.79 Å². The number of hydrogen-bond acceptors (Lipinski definition) is 3. The first-order chi connectivity index (χ1) is 10.0. The van der Waals surface area contributed by atoms with Crippen molar-refractivity contribution in [1.29, 1.82) is 0 Å². The lowest BCUT2D eigenvalue weighted by Crippen LogP contribution is -2.39. The third-order valence-electron chi connectivity index (χ3n) is 4.87. The topological polar surface area (TPSA) is 35.6 Å². The molecule has 1 amide bonds. The molecule has 114 valence electrons. The summed E-state index contributed by atoms with van der Waals surface area (Å²) in [6.45, 7) is 5.79. The average Bonchev–Trinajstić information content (AvgIpc) is 2.86. The molecule has 0 spiro atoms. The fourth-order valence-corrected chi connectivity index (χ4v) is 3.51. The summed E-state index contributed by atoms with van der Waals surface area (Å²) in [5.41, 5.74) is 3.09. The van der Waals surface area contributed by atoms with Crippen LogP contribution >= 0.6 is 0 Å². The lowest BCUT2D eigenvalue weighted by atomic mass is 9.93. The van der Waals surface area contributed by atoms with Gasteiger partial charge in [-0.25, -0.2) is 0 Å². The van der Waals surface area contributed by atoms with Gasteiger partial charge >= 0.3 is 0 Å². The van der Waals surface area contributed by atoms with E-state index in [1.165, 1.54) is 38.0 Å². The van der Waals surface area contributed by atoms with Gasteiger partial charge in [-0.05, 0) is 49.9 Å². The highest BCUT2D eigenvalue weighted by atomic mass is 16.2. The van der Waals surface area contributed by atoms with Crippen molar-refractivity contribution in [1.82, 2.24) is 9.80 Å². The average molecular weight is 287 g/mol. The predicted molar refractivity (Wildman–Crippen MR) is 85.8 cm³/mol. The van der Waals surface area contributed by atoms with Crippen LogP contribution in [0.5, 0.6) is 0 Å². The van der Waals surface area contributed by atoms with Crippen molar-refractivity contribution in [3.05, 3.63) is 29.3 Å². The molecule has 1 aromatic carbocycles. The van der Waals surface area contributed by atoms with Crippen LogP contribution in [0.1, 0.15) is 28.8 Å². The quantitative estimate of drug-likeness (QED) is 0.926. The molecule has 3 atom stereocenters. The Labute approximate surface area is 127 Å². The zero-order valence-corrected chi connectivity index (χ0v) is 13.2. The summed E-state index contributed by atoms with van der Waals surface area (Å²) in [6, 6.07) is 6.52. The number of nitrogens with zero attached hydrogens (tertiary/aromatic N) is 2. The van der Waals surface area contributed by atoms with Gasteiger partial charge in [0.05, 0.1) is 0 Å². The highest BCUT2D eigenvalue weighted by molar-refractivity contribution is 5.95. The molecule has 2 aliphatic heterocycles. The molecule has 21 heavy (non-hydrogen) atoms. The Bertz CT molecular complexity index is 541. The molecular formula is C17H25N3O. The van der Waals surface area contributed by atoms with Crippen molar-refractivity contribution in [3.63, 3.8) is 0 Å². The zero-order valence-electron chi connectivity index (χ0n) is 13.2. The van der Waals surface area contributed by atoms with E-state index in [-0.39, 0.29) is 5.91 Å². The van der Waals surface area contributed by atoms with Crippen molar-refractivity contribution in [2.45, 2.75) is 25.8 Å². The smallest absolute Gasteiger partial charge is 0.253 e. The number of carbonyl (C=O) groups is 1. The van der Waals surface area contributed by atoms with Crippen molar-refractivity contribution in [2.24, 2.45) is 5.92 Å². The number of hydrogen-bond donors (Lipinski definition) is 1. The zero-order chi connectivity index (χ0) is 15.0. The number of fused-ring (bicyclic) bond motifs is 2. The minimum Gasteiger partial charge on any atom is -0.382 e. The second-order valence-electron chi connectivity index (χ2n) is 6.62. The fourth-order valence-electron chi connectivity index (χ4n) is 3.51. The Hall–Kier alpha value is -1.55. The van der Waals surface area contributed by atoms with Gasteiger partial charge in [-0.3, -0.25) is 4.79 Å². The van der Waals surface area contributed by atoms with E-state index in [0.29, 0.717) is 6.04 Å². The van der Waals surface area contributed by atoms with Gasteiger partial charge in [0.1, 0.15) is 0 Å². The van der Waals surface area contributed by atoms with E-state index in [0.717, 1.165) is 17.2 Å². The van der Waals surface area contributed by atoms with Crippen LogP contribution in [0.2, 0.25) is 0 Å². The van der Waals surface area contributed by atoms with Crippen LogP contribution in [0.4, 0.5) is 5.69 Å². The lowest BCUT2D eigenvalue weighted by molar-refractivity contribution is 0.0827. The Morgan fingerprint density at radius 2 is 2.05 bits per heavy atom. The van der Waals surface area contributed by atoms with Crippen LogP contribution in [-0.2, 0) is 0 Å². The lowest BCUT2D eigenvalue weighted by Gasteiger charge is -2.32. The van der Waals surface area contributed by atoms with Gasteiger partial charge in [0.2, 0.25) is 0 Å². The van der Waals surface area contributed by atoms with E-state index in [9.17, 15) is 4.79 Å². The first-order valence-electron chi connectivity index (χ1n) is 7.86. The molecule has 2 bridgehead atoms. The third kappa shape index (κ3) is 2.91. The standard InChI is InChI=1S/C17H25N3O/c1-12-4-5-13(17(21)19(2)3)10-16(12)18-15-7-9-20-8-6-14(15)11-20/h4-5,10,14-15,18H,6-9,11H2,1-3H3. The van der Waals surface area contributed by atoms with Crippen molar-refractivity contribution >= 4 is 11.6 Å². The molecule has 2 fully saturated rings. The number of carbonyl (C=O) groups excluding carboxylic acids is 1. The van der Waals surface area contributed by atoms with E-state index < -0.39 is 0 Å². The van der Waals surface area contributed by atoms with E-state index in [1.54, 1.807) is 19.0 Å². The molecule has 4 nitrogen and oxygen atoms in total. The number of nitrogens with one attached hydrogen (secondary N) is 1. The summed E-state index contributed by atoms with van der Waals surface area (Å²) >= 11 is 0. The Balaban J connectivity index is 1.78. The monoisotopic (exact) mass is 287 g/mol. The summed E-state index contributed by atoms with van der Waals surface area (Å²) in [6.07, 6.45) is 2.50. The normalized spacial score (nSPS) is 27.5. The van der Waals surface area contributed by atoms with Crippen molar-refractivity contribution in [2.75, 3.05) is 39.0 Å². The van der Waals surface area contributed by atoms with Gasteiger partial charge in [0.15, 0.2) is 0 Å². The maximum atomic E-state index is 12.1. The molecule has 2 aliphatic rings. The van der Waals surface area contributed by atoms with E-state index >= 15 is 0 Å². The summed E-state index contributed by atoms with van der Waals surface area (Å²) in [4.78, 5) is 16.3. The van der Waals surface area contributed by atoms with Gasteiger partial charge in [0.25, 0.3) is 5.91 Å². The molecule has 0 radical (unpaired) electrons. The second kappa shape index (κ2) is 5.68. The van der Waals surface area contributed by atoms with E-state index in [1.807, 2.05) is 18.2 Å². The summed E-state index contributed by atoms with van der Waals surface area (Å²) in [5, 5.41) is 3.71. The maximum Gasteiger partial charge on any atom is 0.253 e. The predicted octanol–water partition coefficient (Wildman–Crippen LogP) is 2.20. The van der Waals surface area contributed by atoms with Gasteiger partial charge in [-0.15, -0.1) is 0 Å². The molecule has 2 heterocycles. The molecular weight excluding hydrogens is 262 g/mol. The van der Waals surface area contributed by atoms with Crippen LogP contribution < -0.4 is 5.32 Å². The third-order valence-corrected chi connectivity index (χ3v) is 4.87. The Morgan fingerprint density at radius 3 is 2.81 bits per heavy atom. The largest absolute Gasteiger partial charge is 0.382 e. The first-order valence-corrected chi connectivity index (χ1v) is 7.86. The van der Waals surface area contributed by atoms with Crippen LogP contribution in [0.15, 0.2) is 18.2 Å². The molecule has 1 aromatic rings. The molecule has 2 saturated heterocycles. The molecule has 0 aliphatic carbocycles.